The van der Waals surface area contributed by atoms with Crippen LogP contribution in [0.25, 0.3) is 0 Å². The number of aryl methyl sites for hydroxylation is 1. The zero-order valence-corrected chi connectivity index (χ0v) is 11.2. The van der Waals surface area contributed by atoms with Gasteiger partial charge in [-0.1, -0.05) is 11.6 Å². The molecule has 0 fully saturated rings. The molecule has 0 atom stereocenters. The summed E-state index contributed by atoms with van der Waals surface area (Å²) in [5.41, 5.74) is 0.778. The molecule has 2 aromatic rings. The molecule has 1 aromatic carbocycles. The van der Waals surface area contributed by atoms with E-state index >= 15 is 0 Å². The summed E-state index contributed by atoms with van der Waals surface area (Å²) in [7, 11) is 0. The highest BCUT2D eigenvalue weighted by Gasteiger charge is 2.13. The minimum atomic E-state index is -0.708. The van der Waals surface area contributed by atoms with Gasteiger partial charge in [-0.15, -0.1) is 0 Å². The molecule has 1 aromatic heterocycles. The average Bonchev–Trinajstić information content (AvgIpc) is 2.38. The third kappa shape index (κ3) is 2.92. The van der Waals surface area contributed by atoms with Crippen molar-refractivity contribution in [1.29, 1.82) is 5.26 Å². The summed E-state index contributed by atoms with van der Waals surface area (Å²) in [5.74, 6) is -1.09. The van der Waals surface area contributed by atoms with Crippen LogP contribution in [0.5, 0.6) is 0 Å². The van der Waals surface area contributed by atoms with Crippen LogP contribution >= 0.6 is 11.6 Å². The number of nitrogens with zero attached hydrogens (tertiary/aromatic N) is 2. The number of hydrogen-bond acceptors (Lipinski definition) is 3. The Hall–Kier alpha value is -2.45. The number of anilines is 1. The maximum absolute atomic E-state index is 13.6. The number of halogens is 2. The second kappa shape index (κ2) is 5.68. The summed E-state index contributed by atoms with van der Waals surface area (Å²) in [6.45, 7) is 1.65. The first-order valence-electron chi connectivity index (χ1n) is 5.65. The third-order valence-corrected chi connectivity index (χ3v) is 2.86. The summed E-state index contributed by atoms with van der Waals surface area (Å²) in [5, 5.41) is 11.5. The van der Waals surface area contributed by atoms with E-state index in [9.17, 15) is 9.18 Å². The van der Waals surface area contributed by atoms with Crippen LogP contribution in [0.3, 0.4) is 0 Å². The number of benzene rings is 1. The van der Waals surface area contributed by atoms with Gasteiger partial charge in [0.2, 0.25) is 0 Å². The lowest BCUT2D eigenvalue weighted by atomic mass is 10.2. The lowest BCUT2D eigenvalue weighted by Crippen LogP contribution is -2.15. The van der Waals surface area contributed by atoms with E-state index in [2.05, 4.69) is 10.3 Å². The second-order valence-electron chi connectivity index (χ2n) is 4.02. The summed E-state index contributed by atoms with van der Waals surface area (Å²) in [4.78, 5) is 16.0. The molecule has 100 valence electrons. The van der Waals surface area contributed by atoms with Crippen molar-refractivity contribution in [2.24, 2.45) is 0 Å². The maximum atomic E-state index is 13.6. The fraction of sp³-hybridized carbons (Fsp3) is 0.0714. The van der Waals surface area contributed by atoms with Gasteiger partial charge in [-0.2, -0.15) is 5.26 Å². The molecule has 0 saturated carbocycles. The largest absolute Gasteiger partial charge is 0.306 e. The molecular formula is C14H9ClFN3O. The molecule has 0 aliphatic heterocycles. The van der Waals surface area contributed by atoms with Gasteiger partial charge < -0.3 is 5.32 Å². The highest BCUT2D eigenvalue weighted by Crippen LogP contribution is 2.16. The van der Waals surface area contributed by atoms with Crippen LogP contribution in [0.15, 0.2) is 30.3 Å². The van der Waals surface area contributed by atoms with Gasteiger partial charge in [0, 0.05) is 5.02 Å². The molecule has 2 rings (SSSR count). The van der Waals surface area contributed by atoms with Crippen molar-refractivity contribution in [3.8, 4) is 6.07 Å². The lowest BCUT2D eigenvalue weighted by molar-refractivity contribution is 0.102. The molecule has 0 spiro atoms. The number of carbonyl (C=O) groups is 1. The smallest absolute Gasteiger partial charge is 0.259 e. The van der Waals surface area contributed by atoms with Gasteiger partial charge in [-0.05, 0) is 37.3 Å². The number of pyridine rings is 1. The van der Waals surface area contributed by atoms with Crippen LogP contribution in [0.4, 0.5) is 10.2 Å². The number of hydrogen-bond donors (Lipinski definition) is 1. The Bertz CT molecular complexity index is 725. The van der Waals surface area contributed by atoms with Crippen molar-refractivity contribution in [3.05, 3.63) is 58.0 Å². The molecule has 1 N–H and O–H groups in total. The summed E-state index contributed by atoms with van der Waals surface area (Å²) < 4.78 is 13.6. The number of rotatable bonds is 2. The van der Waals surface area contributed by atoms with E-state index in [1.807, 2.05) is 6.07 Å². The number of amides is 1. The highest BCUT2D eigenvalue weighted by atomic mass is 35.5. The van der Waals surface area contributed by atoms with Crippen LogP contribution in [-0.2, 0) is 0 Å². The van der Waals surface area contributed by atoms with Crippen molar-refractivity contribution >= 4 is 23.3 Å². The number of nitriles is 1. The molecule has 1 heterocycles. The molecule has 20 heavy (non-hydrogen) atoms. The molecule has 0 saturated heterocycles. The molecule has 0 radical (unpaired) electrons. The van der Waals surface area contributed by atoms with Crippen LogP contribution in [0, 0.1) is 24.1 Å². The van der Waals surface area contributed by atoms with Crippen molar-refractivity contribution < 1.29 is 9.18 Å². The van der Waals surface area contributed by atoms with Crippen molar-refractivity contribution in [3.63, 3.8) is 0 Å². The Labute approximate surface area is 119 Å². The Morgan fingerprint density at radius 1 is 1.40 bits per heavy atom. The third-order valence-electron chi connectivity index (χ3n) is 2.62. The van der Waals surface area contributed by atoms with Gasteiger partial charge in [-0.25, -0.2) is 9.37 Å². The first-order valence-corrected chi connectivity index (χ1v) is 6.03. The van der Waals surface area contributed by atoms with E-state index in [4.69, 9.17) is 16.9 Å². The zero-order valence-electron chi connectivity index (χ0n) is 10.4. The van der Waals surface area contributed by atoms with Crippen LogP contribution in [0.2, 0.25) is 5.02 Å². The SMILES string of the molecule is Cc1nc(NC(=O)c2ccc(Cl)cc2F)ccc1C#N. The quantitative estimate of drug-likeness (QED) is 0.922. The van der Waals surface area contributed by atoms with Crippen LogP contribution in [0.1, 0.15) is 21.6 Å². The van der Waals surface area contributed by atoms with Gasteiger partial charge in [0.1, 0.15) is 17.7 Å². The predicted octanol–water partition coefficient (Wildman–Crippen LogP) is 3.31. The van der Waals surface area contributed by atoms with E-state index in [0.717, 1.165) is 6.07 Å². The first kappa shape index (κ1) is 14.0. The van der Waals surface area contributed by atoms with E-state index in [1.165, 1.54) is 24.3 Å². The normalized spacial score (nSPS) is 9.90. The Balaban J connectivity index is 2.24. The summed E-state index contributed by atoms with van der Waals surface area (Å²) in [6.07, 6.45) is 0. The van der Waals surface area contributed by atoms with Crippen LogP contribution in [-0.4, -0.2) is 10.9 Å². The maximum Gasteiger partial charge on any atom is 0.259 e. The molecule has 6 heteroatoms. The fourth-order valence-corrected chi connectivity index (χ4v) is 1.76. The van der Waals surface area contributed by atoms with Crippen molar-refractivity contribution in [2.75, 3.05) is 5.32 Å². The Morgan fingerprint density at radius 3 is 2.75 bits per heavy atom. The first-order chi connectivity index (χ1) is 9.51. The van der Waals surface area contributed by atoms with Crippen LogP contribution < -0.4 is 5.32 Å². The highest BCUT2D eigenvalue weighted by molar-refractivity contribution is 6.30. The lowest BCUT2D eigenvalue weighted by Gasteiger charge is -2.07. The molecule has 1 amide bonds. The minimum absolute atomic E-state index is 0.127. The molecular weight excluding hydrogens is 281 g/mol. The predicted molar refractivity (Wildman–Crippen MR) is 73.1 cm³/mol. The van der Waals surface area contributed by atoms with Crippen molar-refractivity contribution in [2.45, 2.75) is 6.92 Å². The Kier molecular flexibility index (Phi) is 3.97. The van der Waals surface area contributed by atoms with E-state index < -0.39 is 11.7 Å². The Morgan fingerprint density at radius 2 is 2.15 bits per heavy atom. The van der Waals surface area contributed by atoms with Gasteiger partial charge >= 0.3 is 0 Å². The van der Waals surface area contributed by atoms with Gasteiger partial charge in [0.05, 0.1) is 16.8 Å². The van der Waals surface area contributed by atoms with Gasteiger partial charge in [0.15, 0.2) is 0 Å². The van der Waals surface area contributed by atoms with Crippen molar-refractivity contribution in [1.82, 2.24) is 4.98 Å². The summed E-state index contributed by atoms with van der Waals surface area (Å²) in [6, 6.07) is 8.78. The van der Waals surface area contributed by atoms with E-state index in [1.54, 1.807) is 6.92 Å². The average molecular weight is 290 g/mol. The molecule has 0 aliphatic rings. The molecule has 4 nitrogen and oxygen atoms in total. The number of carbonyl (C=O) groups excluding carboxylic acids is 1. The molecule has 0 bridgehead atoms. The van der Waals surface area contributed by atoms with Gasteiger partial charge in [-0.3, -0.25) is 4.79 Å². The fourth-order valence-electron chi connectivity index (χ4n) is 1.61. The topological polar surface area (TPSA) is 65.8 Å². The summed E-state index contributed by atoms with van der Waals surface area (Å²) >= 11 is 5.62. The standard InChI is InChI=1S/C14H9ClFN3O/c1-8-9(7-17)2-5-13(18-8)19-14(20)11-4-3-10(15)6-12(11)16/h2-6H,1H3,(H,18,19,20). The number of nitrogens with one attached hydrogen (secondary N) is 1. The molecule has 0 aliphatic carbocycles. The van der Waals surface area contributed by atoms with E-state index in [-0.39, 0.29) is 16.4 Å². The number of aromatic nitrogens is 1. The second-order valence-corrected chi connectivity index (χ2v) is 4.46. The molecule has 0 unspecified atom stereocenters. The van der Waals surface area contributed by atoms with Gasteiger partial charge in [0.25, 0.3) is 5.91 Å². The zero-order chi connectivity index (χ0) is 14.7. The monoisotopic (exact) mass is 289 g/mol. The minimum Gasteiger partial charge on any atom is -0.306 e. The van der Waals surface area contributed by atoms with E-state index in [0.29, 0.717) is 11.3 Å².